The number of likely N-dealkylation sites (N-methyl/N-ethyl adjacent to an activating group) is 1. The first-order chi connectivity index (χ1) is 8.56. The summed E-state index contributed by atoms with van der Waals surface area (Å²) in [5.41, 5.74) is 0.413. The molecule has 0 radical (unpaired) electrons. The predicted molar refractivity (Wildman–Crippen MR) is 65.3 cm³/mol. The van der Waals surface area contributed by atoms with Crippen LogP contribution in [0.2, 0.25) is 0 Å². The molecule has 2 rings (SSSR count). The number of phenolic OH excluding ortho intramolecular Hbond substituents is 2. The van der Waals surface area contributed by atoms with Gasteiger partial charge in [-0.25, -0.2) is 0 Å². The van der Waals surface area contributed by atoms with Gasteiger partial charge in [-0.3, -0.25) is 0 Å². The van der Waals surface area contributed by atoms with Crippen molar-refractivity contribution in [2.45, 2.75) is 6.42 Å². The highest BCUT2D eigenvalue weighted by atomic mass is 16.5. The fraction of sp³-hybridized carbons (Fsp3) is 0.333. The molecule has 0 saturated carbocycles. The number of nitrogens with zero attached hydrogens (tertiary/aromatic N) is 3. The van der Waals surface area contributed by atoms with Crippen LogP contribution in [0.1, 0.15) is 5.82 Å². The zero-order valence-electron chi connectivity index (χ0n) is 10.3. The second kappa shape index (κ2) is 5.05. The lowest BCUT2D eigenvalue weighted by Gasteiger charge is -2.05. The van der Waals surface area contributed by atoms with Gasteiger partial charge in [0.25, 0.3) is 5.89 Å². The highest BCUT2D eigenvalue weighted by molar-refractivity contribution is 5.63. The van der Waals surface area contributed by atoms with Gasteiger partial charge in [0, 0.05) is 19.0 Å². The van der Waals surface area contributed by atoms with Crippen LogP contribution in [0, 0.1) is 0 Å². The Morgan fingerprint density at radius 2 is 2.06 bits per heavy atom. The third-order valence-corrected chi connectivity index (χ3v) is 2.46. The van der Waals surface area contributed by atoms with Crippen LogP contribution in [0.25, 0.3) is 11.5 Å². The van der Waals surface area contributed by atoms with Gasteiger partial charge in [0.05, 0.1) is 5.56 Å². The maximum atomic E-state index is 9.68. The van der Waals surface area contributed by atoms with E-state index in [4.69, 9.17) is 4.52 Å². The third-order valence-electron chi connectivity index (χ3n) is 2.46. The van der Waals surface area contributed by atoms with Crippen molar-refractivity contribution < 1.29 is 14.7 Å². The molecule has 18 heavy (non-hydrogen) atoms. The van der Waals surface area contributed by atoms with E-state index in [1.165, 1.54) is 18.2 Å². The SMILES string of the molecule is CN(C)CCc1noc(-c2ccc(O)cc2O)n1. The fourth-order valence-electron chi connectivity index (χ4n) is 1.49. The van der Waals surface area contributed by atoms with Crippen LogP contribution in [0.5, 0.6) is 11.5 Å². The number of rotatable bonds is 4. The van der Waals surface area contributed by atoms with Gasteiger partial charge in [-0.1, -0.05) is 5.16 Å². The molecule has 0 fully saturated rings. The third kappa shape index (κ3) is 2.78. The molecular weight excluding hydrogens is 234 g/mol. The molecule has 1 aromatic carbocycles. The lowest BCUT2D eigenvalue weighted by molar-refractivity contribution is 0.391. The van der Waals surface area contributed by atoms with Crippen molar-refractivity contribution in [2.24, 2.45) is 0 Å². The molecule has 2 N–H and O–H groups in total. The summed E-state index contributed by atoms with van der Waals surface area (Å²) < 4.78 is 5.08. The summed E-state index contributed by atoms with van der Waals surface area (Å²) in [5, 5.41) is 22.7. The van der Waals surface area contributed by atoms with E-state index in [9.17, 15) is 10.2 Å². The normalized spacial score (nSPS) is 11.1. The summed E-state index contributed by atoms with van der Waals surface area (Å²) in [4.78, 5) is 6.22. The van der Waals surface area contributed by atoms with Crippen molar-refractivity contribution in [3.63, 3.8) is 0 Å². The average Bonchev–Trinajstić information content (AvgIpc) is 2.75. The zero-order valence-corrected chi connectivity index (χ0v) is 10.3. The minimum absolute atomic E-state index is 0.0106. The lowest BCUT2D eigenvalue weighted by atomic mass is 10.2. The van der Waals surface area contributed by atoms with Gasteiger partial charge in [0.2, 0.25) is 0 Å². The Balaban J connectivity index is 2.18. The van der Waals surface area contributed by atoms with Crippen molar-refractivity contribution in [3.05, 3.63) is 24.0 Å². The Bertz CT molecular complexity index is 537. The Labute approximate surface area is 104 Å². The van der Waals surface area contributed by atoms with Crippen LogP contribution in [0.15, 0.2) is 22.7 Å². The van der Waals surface area contributed by atoms with Crippen LogP contribution in [0.4, 0.5) is 0 Å². The van der Waals surface area contributed by atoms with Crippen molar-refractivity contribution in [1.29, 1.82) is 0 Å². The summed E-state index contributed by atoms with van der Waals surface area (Å²) in [7, 11) is 3.93. The van der Waals surface area contributed by atoms with E-state index in [0.29, 0.717) is 17.8 Å². The van der Waals surface area contributed by atoms with Gasteiger partial charge >= 0.3 is 0 Å². The lowest BCUT2D eigenvalue weighted by Crippen LogP contribution is -2.15. The molecule has 1 aromatic heterocycles. The predicted octanol–water partition coefficient (Wildman–Crippen LogP) is 1.25. The van der Waals surface area contributed by atoms with E-state index in [1.807, 2.05) is 19.0 Å². The maximum Gasteiger partial charge on any atom is 0.261 e. The Morgan fingerprint density at radius 1 is 1.28 bits per heavy atom. The zero-order chi connectivity index (χ0) is 13.1. The van der Waals surface area contributed by atoms with E-state index in [1.54, 1.807) is 0 Å². The molecule has 0 atom stereocenters. The summed E-state index contributed by atoms with van der Waals surface area (Å²) in [6, 6.07) is 4.23. The Hall–Kier alpha value is -2.08. The summed E-state index contributed by atoms with van der Waals surface area (Å²) in [6.45, 7) is 0.820. The largest absolute Gasteiger partial charge is 0.508 e. The number of aromatic hydroxyl groups is 2. The monoisotopic (exact) mass is 249 g/mol. The first kappa shape index (κ1) is 12.4. The Kier molecular flexibility index (Phi) is 3.47. The van der Waals surface area contributed by atoms with Crippen LogP contribution in [-0.4, -0.2) is 45.9 Å². The number of aromatic nitrogens is 2. The van der Waals surface area contributed by atoms with Gasteiger partial charge in [-0.05, 0) is 26.2 Å². The molecule has 0 bridgehead atoms. The fourth-order valence-corrected chi connectivity index (χ4v) is 1.49. The first-order valence-corrected chi connectivity index (χ1v) is 5.56. The quantitative estimate of drug-likeness (QED) is 0.848. The number of phenols is 2. The van der Waals surface area contributed by atoms with E-state index in [0.717, 1.165) is 6.54 Å². The second-order valence-electron chi connectivity index (χ2n) is 4.27. The molecule has 0 aliphatic carbocycles. The average molecular weight is 249 g/mol. The topological polar surface area (TPSA) is 82.6 Å². The molecule has 0 amide bonds. The summed E-state index contributed by atoms with van der Waals surface area (Å²) in [5.74, 6) is 0.744. The number of benzene rings is 1. The van der Waals surface area contributed by atoms with Crippen LogP contribution < -0.4 is 0 Å². The van der Waals surface area contributed by atoms with E-state index < -0.39 is 0 Å². The molecule has 0 spiro atoms. The minimum Gasteiger partial charge on any atom is -0.508 e. The van der Waals surface area contributed by atoms with Crippen LogP contribution in [-0.2, 0) is 6.42 Å². The Morgan fingerprint density at radius 3 is 2.72 bits per heavy atom. The first-order valence-electron chi connectivity index (χ1n) is 5.56. The van der Waals surface area contributed by atoms with Gasteiger partial charge < -0.3 is 19.6 Å². The van der Waals surface area contributed by atoms with Crippen molar-refractivity contribution in [2.75, 3.05) is 20.6 Å². The van der Waals surface area contributed by atoms with Crippen molar-refractivity contribution in [1.82, 2.24) is 15.0 Å². The van der Waals surface area contributed by atoms with E-state index in [2.05, 4.69) is 10.1 Å². The molecule has 6 nitrogen and oxygen atoms in total. The van der Waals surface area contributed by atoms with Crippen LogP contribution in [0.3, 0.4) is 0 Å². The molecular formula is C12H15N3O3. The summed E-state index contributed by atoms with van der Waals surface area (Å²) in [6.07, 6.45) is 0.676. The summed E-state index contributed by atoms with van der Waals surface area (Å²) >= 11 is 0. The van der Waals surface area contributed by atoms with Gasteiger partial charge in [-0.2, -0.15) is 4.98 Å². The van der Waals surface area contributed by atoms with Crippen molar-refractivity contribution in [3.8, 4) is 23.0 Å². The smallest absolute Gasteiger partial charge is 0.261 e. The molecule has 1 heterocycles. The van der Waals surface area contributed by atoms with Gasteiger partial charge in [0.15, 0.2) is 5.82 Å². The maximum absolute atomic E-state index is 9.68. The molecule has 6 heteroatoms. The molecule has 2 aromatic rings. The number of hydrogen-bond acceptors (Lipinski definition) is 6. The molecule has 96 valence electrons. The second-order valence-corrected chi connectivity index (χ2v) is 4.27. The van der Waals surface area contributed by atoms with Gasteiger partial charge in [0.1, 0.15) is 11.5 Å². The standard InChI is InChI=1S/C12H15N3O3/c1-15(2)6-5-11-13-12(18-14-11)9-4-3-8(16)7-10(9)17/h3-4,7,16-17H,5-6H2,1-2H3. The highest BCUT2D eigenvalue weighted by Gasteiger charge is 2.13. The molecule has 0 saturated heterocycles. The van der Waals surface area contributed by atoms with E-state index >= 15 is 0 Å². The van der Waals surface area contributed by atoms with Crippen molar-refractivity contribution >= 4 is 0 Å². The number of hydrogen-bond donors (Lipinski definition) is 2. The highest BCUT2D eigenvalue weighted by Crippen LogP contribution is 2.30. The molecule has 0 unspecified atom stereocenters. The minimum atomic E-state index is -0.0854. The van der Waals surface area contributed by atoms with Crippen LogP contribution >= 0.6 is 0 Å². The molecule has 0 aliphatic heterocycles. The van der Waals surface area contributed by atoms with Gasteiger partial charge in [-0.15, -0.1) is 0 Å². The van der Waals surface area contributed by atoms with E-state index in [-0.39, 0.29) is 17.4 Å². The molecule has 0 aliphatic rings.